The van der Waals surface area contributed by atoms with Crippen LogP contribution in [0.2, 0.25) is 0 Å². The molecule has 1 aromatic carbocycles. The van der Waals surface area contributed by atoms with Crippen LogP contribution < -0.4 is 10.5 Å². The number of halogens is 2. The van der Waals surface area contributed by atoms with Gasteiger partial charge in [0.2, 0.25) is 0 Å². The van der Waals surface area contributed by atoms with Gasteiger partial charge in [0.15, 0.2) is 11.6 Å². The van der Waals surface area contributed by atoms with Crippen LogP contribution in [-0.4, -0.2) is 18.4 Å². The number of nitrogens with one attached hydrogen (secondary N) is 1. The number of benzene rings is 1. The third-order valence-electron chi connectivity index (χ3n) is 2.39. The molecule has 2 rings (SSSR count). The highest BCUT2D eigenvalue weighted by atomic mass is 32.2. The Labute approximate surface area is 113 Å². The van der Waals surface area contributed by atoms with E-state index in [9.17, 15) is 17.2 Å². The molecule has 9 heteroatoms. The Morgan fingerprint density at radius 3 is 2.45 bits per heavy atom. The van der Waals surface area contributed by atoms with E-state index in [4.69, 9.17) is 5.73 Å². The molecule has 0 radical (unpaired) electrons. The summed E-state index contributed by atoms with van der Waals surface area (Å²) in [7, 11) is -4.30. The molecule has 6 nitrogen and oxygen atoms in total. The van der Waals surface area contributed by atoms with E-state index in [1.54, 1.807) is 0 Å². The van der Waals surface area contributed by atoms with Crippen LogP contribution in [0.25, 0.3) is 0 Å². The lowest BCUT2D eigenvalue weighted by Gasteiger charge is -2.10. The molecule has 0 saturated heterocycles. The van der Waals surface area contributed by atoms with Crippen molar-refractivity contribution in [3.8, 4) is 0 Å². The Morgan fingerprint density at radius 1 is 1.20 bits per heavy atom. The molecule has 20 heavy (non-hydrogen) atoms. The summed E-state index contributed by atoms with van der Waals surface area (Å²) in [5, 5.41) is 0. The lowest BCUT2D eigenvalue weighted by atomic mass is 10.2. The monoisotopic (exact) mass is 300 g/mol. The molecule has 0 amide bonds. The molecule has 0 fully saturated rings. The minimum Gasteiger partial charge on any atom is -0.326 e. The lowest BCUT2D eigenvalue weighted by Crippen LogP contribution is -2.16. The van der Waals surface area contributed by atoms with E-state index in [0.717, 1.165) is 12.1 Å². The summed E-state index contributed by atoms with van der Waals surface area (Å²) in [5.74, 6) is -2.75. The zero-order chi connectivity index (χ0) is 14.8. The molecule has 0 atom stereocenters. The molecule has 0 aliphatic heterocycles. The summed E-state index contributed by atoms with van der Waals surface area (Å²) in [5.41, 5.74) is 5.50. The normalized spacial score (nSPS) is 11.3. The number of anilines is 1. The van der Waals surface area contributed by atoms with E-state index in [1.807, 2.05) is 0 Å². The maximum absolute atomic E-state index is 13.7. The molecule has 106 valence electrons. The Balaban J connectivity index is 2.47. The summed E-state index contributed by atoms with van der Waals surface area (Å²) in [6, 6.07) is 1.82. The first-order valence-electron chi connectivity index (χ1n) is 5.40. The first-order chi connectivity index (χ1) is 9.44. The summed E-state index contributed by atoms with van der Waals surface area (Å²) in [6.07, 6.45) is 3.57. The molecular weight excluding hydrogens is 290 g/mol. The van der Waals surface area contributed by atoms with Crippen LogP contribution in [0.1, 0.15) is 5.56 Å². The smallest absolute Gasteiger partial charge is 0.265 e. The molecule has 2 aromatic rings. The van der Waals surface area contributed by atoms with Crippen LogP contribution in [0.3, 0.4) is 0 Å². The zero-order valence-corrected chi connectivity index (χ0v) is 10.9. The highest BCUT2D eigenvalue weighted by Gasteiger charge is 2.23. The molecule has 1 aromatic heterocycles. The molecule has 0 unspecified atom stereocenters. The number of rotatable bonds is 4. The van der Waals surface area contributed by atoms with Crippen molar-refractivity contribution in [2.24, 2.45) is 5.73 Å². The summed E-state index contributed by atoms with van der Waals surface area (Å²) < 4.78 is 53.1. The maximum atomic E-state index is 13.7. The largest absolute Gasteiger partial charge is 0.326 e. The number of sulfonamides is 1. The molecular formula is C11H10F2N4O2S. The fraction of sp³-hybridized carbons (Fsp3) is 0.0909. The van der Waals surface area contributed by atoms with Crippen LogP contribution in [0.5, 0.6) is 0 Å². The predicted octanol–water partition coefficient (Wildman–Crippen LogP) is 1.01. The number of nitrogens with zero attached hydrogens (tertiary/aromatic N) is 2. The SMILES string of the molecule is NCc1cc(F)c(F)c(S(=O)(=O)Nc2cncnc2)c1. The van der Waals surface area contributed by atoms with E-state index < -0.39 is 26.6 Å². The van der Waals surface area contributed by atoms with Crippen LogP contribution in [0.15, 0.2) is 35.7 Å². The Hall–Kier alpha value is -2.13. The van der Waals surface area contributed by atoms with E-state index in [0.29, 0.717) is 0 Å². The lowest BCUT2D eigenvalue weighted by molar-refractivity contribution is 0.483. The topological polar surface area (TPSA) is 98.0 Å². The molecule has 0 aliphatic rings. The number of nitrogens with two attached hydrogens (primary N) is 1. The second-order valence-corrected chi connectivity index (χ2v) is 5.48. The Kier molecular flexibility index (Phi) is 3.91. The number of hydrogen-bond donors (Lipinski definition) is 2. The van der Waals surface area contributed by atoms with Crippen LogP contribution in [0.4, 0.5) is 14.5 Å². The van der Waals surface area contributed by atoms with E-state index in [-0.39, 0.29) is 17.8 Å². The Bertz CT molecular complexity index is 723. The van der Waals surface area contributed by atoms with Gasteiger partial charge in [0.25, 0.3) is 10.0 Å². The van der Waals surface area contributed by atoms with Gasteiger partial charge in [-0.3, -0.25) is 4.72 Å². The quantitative estimate of drug-likeness (QED) is 0.878. The van der Waals surface area contributed by atoms with Crippen molar-refractivity contribution in [1.29, 1.82) is 0 Å². The van der Waals surface area contributed by atoms with Crippen molar-refractivity contribution < 1.29 is 17.2 Å². The average Bonchev–Trinajstić information content (AvgIpc) is 2.42. The van der Waals surface area contributed by atoms with E-state index in [2.05, 4.69) is 14.7 Å². The van der Waals surface area contributed by atoms with Crippen molar-refractivity contribution in [2.45, 2.75) is 11.4 Å². The average molecular weight is 300 g/mol. The van der Waals surface area contributed by atoms with Crippen LogP contribution >= 0.6 is 0 Å². The Morgan fingerprint density at radius 2 is 1.85 bits per heavy atom. The summed E-state index contributed by atoms with van der Waals surface area (Å²) in [4.78, 5) is 6.40. The summed E-state index contributed by atoms with van der Waals surface area (Å²) in [6.45, 7) is -0.117. The fourth-order valence-corrected chi connectivity index (χ4v) is 2.66. The third kappa shape index (κ3) is 2.89. The molecule has 0 spiro atoms. The van der Waals surface area contributed by atoms with Gasteiger partial charge < -0.3 is 5.73 Å². The van der Waals surface area contributed by atoms with Gasteiger partial charge in [0.1, 0.15) is 11.2 Å². The minimum atomic E-state index is -4.30. The van der Waals surface area contributed by atoms with Gasteiger partial charge in [-0.15, -0.1) is 0 Å². The first-order valence-corrected chi connectivity index (χ1v) is 6.88. The second-order valence-electron chi connectivity index (χ2n) is 3.83. The zero-order valence-electron chi connectivity index (χ0n) is 10.0. The molecule has 1 heterocycles. The van der Waals surface area contributed by atoms with Gasteiger partial charge in [-0.05, 0) is 17.7 Å². The van der Waals surface area contributed by atoms with Gasteiger partial charge in [0.05, 0.1) is 18.1 Å². The molecule has 0 bridgehead atoms. The summed E-state index contributed by atoms with van der Waals surface area (Å²) >= 11 is 0. The van der Waals surface area contributed by atoms with Crippen molar-refractivity contribution in [3.05, 3.63) is 48.1 Å². The number of hydrogen-bond acceptors (Lipinski definition) is 5. The van der Waals surface area contributed by atoms with Crippen molar-refractivity contribution in [1.82, 2.24) is 9.97 Å². The standard InChI is InChI=1S/C11H10F2N4O2S/c12-9-1-7(3-14)2-10(11(9)13)20(18,19)17-8-4-15-6-16-5-8/h1-2,4-6,17H,3,14H2. The number of aromatic nitrogens is 2. The van der Waals surface area contributed by atoms with Crippen molar-refractivity contribution in [3.63, 3.8) is 0 Å². The van der Waals surface area contributed by atoms with Gasteiger partial charge in [-0.2, -0.15) is 0 Å². The molecule has 3 N–H and O–H groups in total. The third-order valence-corrected chi connectivity index (χ3v) is 3.77. The predicted molar refractivity (Wildman–Crippen MR) is 67.1 cm³/mol. The molecule has 0 aliphatic carbocycles. The fourth-order valence-electron chi connectivity index (χ4n) is 1.49. The highest BCUT2D eigenvalue weighted by molar-refractivity contribution is 7.92. The highest BCUT2D eigenvalue weighted by Crippen LogP contribution is 2.22. The van der Waals surface area contributed by atoms with Crippen molar-refractivity contribution in [2.75, 3.05) is 4.72 Å². The van der Waals surface area contributed by atoms with Crippen LogP contribution in [-0.2, 0) is 16.6 Å². The van der Waals surface area contributed by atoms with E-state index in [1.165, 1.54) is 18.7 Å². The van der Waals surface area contributed by atoms with Gasteiger partial charge >= 0.3 is 0 Å². The van der Waals surface area contributed by atoms with Crippen molar-refractivity contribution >= 4 is 15.7 Å². The van der Waals surface area contributed by atoms with Gasteiger partial charge in [0, 0.05) is 6.54 Å². The van der Waals surface area contributed by atoms with Gasteiger partial charge in [-0.25, -0.2) is 27.2 Å². The second kappa shape index (κ2) is 5.47. The maximum Gasteiger partial charge on any atom is 0.265 e. The molecule has 0 saturated carbocycles. The first kappa shape index (κ1) is 14.3. The minimum absolute atomic E-state index is 0.0328. The van der Waals surface area contributed by atoms with Gasteiger partial charge in [-0.1, -0.05) is 0 Å². The van der Waals surface area contributed by atoms with E-state index >= 15 is 0 Å². The van der Waals surface area contributed by atoms with Crippen LogP contribution in [0, 0.1) is 11.6 Å².